The summed E-state index contributed by atoms with van der Waals surface area (Å²) in [5.74, 6) is -0.587. The van der Waals surface area contributed by atoms with E-state index in [0.29, 0.717) is 0 Å². The number of hydrogen-bond donors (Lipinski definition) is 1. The highest BCUT2D eigenvalue weighted by molar-refractivity contribution is 5.83. The molecule has 1 heterocycles. The molecule has 2 fully saturated rings. The van der Waals surface area contributed by atoms with E-state index in [1.54, 1.807) is 0 Å². The number of amides is 1. The number of carbonyl (C=O) groups excluding carboxylic acids is 1. The van der Waals surface area contributed by atoms with Gasteiger partial charge in [0.15, 0.2) is 0 Å². The van der Waals surface area contributed by atoms with Crippen molar-refractivity contribution in [2.45, 2.75) is 25.4 Å². The summed E-state index contributed by atoms with van der Waals surface area (Å²) < 4.78 is 37.4. The summed E-state index contributed by atoms with van der Waals surface area (Å²) in [6.45, 7) is 3.91. The maximum atomic E-state index is 12.5. The zero-order valence-electron chi connectivity index (χ0n) is 10.8. The first kappa shape index (κ1) is 14.4. The van der Waals surface area contributed by atoms with Crippen LogP contribution in [0.25, 0.3) is 0 Å². The zero-order valence-corrected chi connectivity index (χ0v) is 10.8. The molecule has 2 rings (SSSR count). The second kappa shape index (κ2) is 5.15. The Labute approximate surface area is 110 Å². The Morgan fingerprint density at radius 2 is 2.05 bits per heavy atom. The number of halogens is 3. The van der Waals surface area contributed by atoms with Crippen molar-refractivity contribution in [3.05, 3.63) is 12.7 Å². The molecule has 0 radical (unpaired) electrons. The minimum Gasteiger partial charge on any atom is -0.330 e. The number of piperidine rings is 1. The van der Waals surface area contributed by atoms with Crippen LogP contribution in [0.5, 0.6) is 0 Å². The molecule has 1 aliphatic heterocycles. The Morgan fingerprint density at radius 1 is 1.42 bits per heavy atom. The fourth-order valence-electron chi connectivity index (χ4n) is 3.00. The van der Waals surface area contributed by atoms with Crippen molar-refractivity contribution >= 4 is 5.91 Å². The Balaban J connectivity index is 1.98. The van der Waals surface area contributed by atoms with E-state index >= 15 is 0 Å². The molecule has 0 aromatic heterocycles. The van der Waals surface area contributed by atoms with Gasteiger partial charge in [0.05, 0.1) is 0 Å². The standard InChI is InChI=1S/C13H19F3N2O/c1-2-7-18(9-13(14,15)16)11(19)10-8-12(10)3-5-17-6-4-12/h2,10,17H,1,3-9H2. The van der Waals surface area contributed by atoms with Crippen LogP contribution >= 0.6 is 0 Å². The van der Waals surface area contributed by atoms with Crippen LogP contribution in [-0.4, -0.2) is 43.2 Å². The van der Waals surface area contributed by atoms with E-state index in [9.17, 15) is 18.0 Å². The number of alkyl halides is 3. The highest BCUT2D eigenvalue weighted by Crippen LogP contribution is 2.59. The van der Waals surface area contributed by atoms with E-state index in [0.717, 1.165) is 37.3 Å². The second-order valence-electron chi connectivity index (χ2n) is 5.49. The predicted molar refractivity (Wildman–Crippen MR) is 65.5 cm³/mol. The SMILES string of the molecule is C=CCN(CC(F)(F)F)C(=O)C1CC12CCNCC2. The van der Waals surface area contributed by atoms with E-state index in [4.69, 9.17) is 0 Å². The Kier molecular flexibility index (Phi) is 3.90. The minimum absolute atomic E-state index is 0.0344. The van der Waals surface area contributed by atoms with Crippen molar-refractivity contribution in [2.24, 2.45) is 11.3 Å². The summed E-state index contributed by atoms with van der Waals surface area (Å²) in [5.41, 5.74) is -0.0344. The molecule has 1 spiro atoms. The minimum atomic E-state index is -4.35. The van der Waals surface area contributed by atoms with Crippen LogP contribution < -0.4 is 5.32 Å². The van der Waals surface area contributed by atoms with Crippen LogP contribution in [0.15, 0.2) is 12.7 Å². The lowest BCUT2D eigenvalue weighted by Crippen LogP contribution is -2.41. The van der Waals surface area contributed by atoms with Crippen LogP contribution in [0.3, 0.4) is 0 Å². The van der Waals surface area contributed by atoms with Gasteiger partial charge in [0.2, 0.25) is 5.91 Å². The third-order valence-corrected chi connectivity index (χ3v) is 4.12. The smallest absolute Gasteiger partial charge is 0.330 e. The van der Waals surface area contributed by atoms with Crippen molar-refractivity contribution in [3.63, 3.8) is 0 Å². The normalized spacial score (nSPS) is 25.1. The number of rotatable bonds is 4. The summed E-state index contributed by atoms with van der Waals surface area (Å²) in [6.07, 6.45) is -0.496. The summed E-state index contributed by atoms with van der Waals surface area (Å²) >= 11 is 0. The largest absolute Gasteiger partial charge is 0.406 e. The maximum absolute atomic E-state index is 12.5. The van der Waals surface area contributed by atoms with E-state index in [1.807, 2.05) is 0 Å². The van der Waals surface area contributed by atoms with E-state index in [-0.39, 0.29) is 23.8 Å². The molecule has 0 aromatic carbocycles. The van der Waals surface area contributed by atoms with Crippen LogP contribution in [0, 0.1) is 11.3 Å². The lowest BCUT2D eigenvalue weighted by atomic mass is 9.91. The molecule has 1 saturated carbocycles. The molecule has 6 heteroatoms. The molecule has 1 atom stereocenters. The second-order valence-corrected chi connectivity index (χ2v) is 5.49. The third-order valence-electron chi connectivity index (χ3n) is 4.12. The van der Waals surface area contributed by atoms with Crippen molar-refractivity contribution < 1.29 is 18.0 Å². The van der Waals surface area contributed by atoms with Crippen LogP contribution in [0.2, 0.25) is 0 Å². The lowest BCUT2D eigenvalue weighted by molar-refractivity contribution is -0.161. The van der Waals surface area contributed by atoms with Gasteiger partial charge in [-0.05, 0) is 37.8 Å². The van der Waals surface area contributed by atoms with Crippen molar-refractivity contribution in [3.8, 4) is 0 Å². The Bertz CT molecular complexity index is 361. The molecule has 1 saturated heterocycles. The number of carbonyl (C=O) groups is 1. The van der Waals surface area contributed by atoms with E-state index in [2.05, 4.69) is 11.9 Å². The Hall–Kier alpha value is -1.04. The van der Waals surface area contributed by atoms with Gasteiger partial charge in [-0.2, -0.15) is 13.2 Å². The van der Waals surface area contributed by atoms with Gasteiger partial charge in [0.1, 0.15) is 6.54 Å². The molecule has 1 aliphatic carbocycles. The maximum Gasteiger partial charge on any atom is 0.406 e. The van der Waals surface area contributed by atoms with Gasteiger partial charge in [-0.1, -0.05) is 6.08 Å². The van der Waals surface area contributed by atoms with Gasteiger partial charge in [0.25, 0.3) is 0 Å². The first-order valence-electron chi connectivity index (χ1n) is 6.55. The van der Waals surface area contributed by atoms with E-state index in [1.165, 1.54) is 6.08 Å². The predicted octanol–water partition coefficient (Wildman–Crippen LogP) is 1.95. The van der Waals surface area contributed by atoms with Gasteiger partial charge < -0.3 is 10.2 Å². The molecule has 19 heavy (non-hydrogen) atoms. The van der Waals surface area contributed by atoms with Crippen molar-refractivity contribution in [1.82, 2.24) is 10.2 Å². The molecule has 3 nitrogen and oxygen atoms in total. The summed E-state index contributed by atoms with van der Waals surface area (Å²) in [4.78, 5) is 13.1. The average Bonchev–Trinajstić information content (AvgIpc) is 3.01. The molecule has 0 bridgehead atoms. The van der Waals surface area contributed by atoms with Crippen LogP contribution in [0.4, 0.5) is 13.2 Å². The summed E-state index contributed by atoms with van der Waals surface area (Å²) in [7, 11) is 0. The fraction of sp³-hybridized carbons (Fsp3) is 0.769. The highest BCUT2D eigenvalue weighted by Gasteiger charge is 2.58. The third kappa shape index (κ3) is 3.29. The molecule has 2 aliphatic rings. The summed E-state index contributed by atoms with van der Waals surface area (Å²) in [5, 5.41) is 3.21. The first-order chi connectivity index (χ1) is 8.88. The summed E-state index contributed by atoms with van der Waals surface area (Å²) in [6, 6.07) is 0. The quantitative estimate of drug-likeness (QED) is 0.796. The molecular formula is C13H19F3N2O. The average molecular weight is 276 g/mol. The van der Waals surface area contributed by atoms with Gasteiger partial charge in [-0.3, -0.25) is 4.79 Å². The molecule has 1 amide bonds. The lowest BCUT2D eigenvalue weighted by Gasteiger charge is -2.27. The fourth-order valence-corrected chi connectivity index (χ4v) is 3.00. The topological polar surface area (TPSA) is 32.3 Å². The molecule has 108 valence electrons. The van der Waals surface area contributed by atoms with Crippen LogP contribution in [0.1, 0.15) is 19.3 Å². The first-order valence-corrected chi connectivity index (χ1v) is 6.55. The highest BCUT2D eigenvalue weighted by atomic mass is 19.4. The van der Waals surface area contributed by atoms with E-state index < -0.39 is 12.7 Å². The van der Waals surface area contributed by atoms with Crippen LogP contribution in [-0.2, 0) is 4.79 Å². The molecule has 1 N–H and O–H groups in total. The van der Waals surface area contributed by atoms with Gasteiger partial charge in [-0.15, -0.1) is 6.58 Å². The van der Waals surface area contributed by atoms with Crippen molar-refractivity contribution in [1.29, 1.82) is 0 Å². The number of nitrogens with one attached hydrogen (secondary N) is 1. The molecular weight excluding hydrogens is 257 g/mol. The monoisotopic (exact) mass is 276 g/mol. The molecule has 1 unspecified atom stereocenters. The number of hydrogen-bond acceptors (Lipinski definition) is 2. The molecule has 0 aromatic rings. The zero-order chi connectivity index (χ0) is 14.1. The Morgan fingerprint density at radius 3 is 2.58 bits per heavy atom. The van der Waals surface area contributed by atoms with Crippen molar-refractivity contribution in [2.75, 3.05) is 26.2 Å². The van der Waals surface area contributed by atoms with Gasteiger partial charge in [-0.25, -0.2) is 0 Å². The van der Waals surface area contributed by atoms with Gasteiger partial charge >= 0.3 is 6.18 Å². The van der Waals surface area contributed by atoms with Gasteiger partial charge in [0, 0.05) is 12.5 Å². The number of nitrogens with zero attached hydrogens (tertiary/aromatic N) is 1.